The fourth-order valence-electron chi connectivity index (χ4n) is 10.6. The van der Waals surface area contributed by atoms with Gasteiger partial charge in [0.1, 0.15) is 4.21 Å². The minimum atomic E-state index is -3.91. The van der Waals surface area contributed by atoms with E-state index in [1.165, 1.54) is 17.8 Å². The minimum absolute atomic E-state index is 0.154. The molecule has 0 bridgehead atoms. The van der Waals surface area contributed by atoms with Crippen molar-refractivity contribution in [1.29, 1.82) is 0 Å². The second-order valence-electron chi connectivity index (χ2n) is 16.1. The van der Waals surface area contributed by atoms with E-state index in [4.69, 9.17) is 0 Å². The van der Waals surface area contributed by atoms with Crippen LogP contribution in [0.2, 0.25) is 0 Å². The summed E-state index contributed by atoms with van der Waals surface area (Å²) >= 11 is 1.20. The molecule has 43 heavy (non-hydrogen) atoms. The van der Waals surface area contributed by atoms with Crippen LogP contribution in [0, 0.1) is 52.3 Å². The number of sulfonamides is 1. The van der Waals surface area contributed by atoms with Crippen LogP contribution in [0.5, 0.6) is 0 Å². The molecule has 4 fully saturated rings. The highest BCUT2D eigenvalue weighted by Crippen LogP contribution is 2.69. The summed E-state index contributed by atoms with van der Waals surface area (Å²) < 4.78 is 28.0. The molecule has 2 amide bonds. The van der Waals surface area contributed by atoms with Crippen molar-refractivity contribution in [3.05, 3.63) is 17.0 Å². The van der Waals surface area contributed by atoms with Crippen molar-refractivity contribution in [3.8, 4) is 0 Å². The molecule has 2 unspecified atom stereocenters. The first kappa shape index (κ1) is 33.2. The number of urea groups is 1. The number of thiophene rings is 1. The van der Waals surface area contributed by atoms with Crippen molar-refractivity contribution in [1.82, 2.24) is 10.0 Å². The second kappa shape index (κ2) is 11.9. The Morgan fingerprint density at radius 1 is 1.05 bits per heavy atom. The van der Waals surface area contributed by atoms with Crippen LogP contribution in [-0.2, 0) is 15.4 Å². The number of amides is 2. The zero-order chi connectivity index (χ0) is 31.5. The molecule has 4 aliphatic rings. The fraction of sp³-hybridized carbons (Fsp3) is 0.853. The number of carbonyl (C=O) groups excluding carboxylic acids is 1. The SMILES string of the molecule is CC[C@@H]1C2C[C@H](O)CC[C@]2(C)[C@H]2CCC3(C)[C@@H]([C@H](C)CCNC(=O)NS(=O)(=O)c4ccc(C(C)(C)C)s4)CC[C@H]3[C@H]2[C@@H]1O. The third-order valence-corrected chi connectivity index (χ3v) is 16.2. The Morgan fingerprint density at radius 3 is 2.37 bits per heavy atom. The summed E-state index contributed by atoms with van der Waals surface area (Å²) in [6.45, 7) is 16.0. The Labute approximate surface area is 264 Å². The van der Waals surface area contributed by atoms with Crippen LogP contribution in [0.15, 0.2) is 16.3 Å². The molecule has 0 spiro atoms. The van der Waals surface area contributed by atoms with E-state index < -0.39 is 16.1 Å². The average molecular weight is 637 g/mol. The summed E-state index contributed by atoms with van der Waals surface area (Å²) in [6, 6.07) is 2.71. The van der Waals surface area contributed by atoms with Crippen LogP contribution in [0.4, 0.5) is 4.79 Å². The van der Waals surface area contributed by atoms with Crippen molar-refractivity contribution in [2.24, 2.45) is 52.3 Å². The molecule has 9 heteroatoms. The molecule has 1 aromatic heterocycles. The minimum Gasteiger partial charge on any atom is -0.393 e. The number of carbonyl (C=O) groups is 1. The van der Waals surface area contributed by atoms with Crippen LogP contribution in [0.25, 0.3) is 0 Å². The first-order chi connectivity index (χ1) is 20.0. The van der Waals surface area contributed by atoms with Crippen molar-refractivity contribution < 1.29 is 23.4 Å². The maximum absolute atomic E-state index is 12.8. The maximum atomic E-state index is 12.8. The van der Waals surface area contributed by atoms with Gasteiger partial charge < -0.3 is 15.5 Å². The molecular weight excluding hydrogens is 581 g/mol. The molecule has 0 radical (unpaired) electrons. The van der Waals surface area contributed by atoms with Gasteiger partial charge >= 0.3 is 6.03 Å². The van der Waals surface area contributed by atoms with Crippen LogP contribution < -0.4 is 10.0 Å². The Hall–Kier alpha value is -1.16. The molecule has 7 nitrogen and oxygen atoms in total. The van der Waals surface area contributed by atoms with Gasteiger partial charge in [-0.3, -0.25) is 0 Å². The number of aliphatic hydroxyl groups is 2. The van der Waals surface area contributed by atoms with E-state index in [2.05, 4.69) is 37.7 Å². The molecule has 1 heterocycles. The number of hydrogen-bond donors (Lipinski definition) is 4. The number of hydrogen-bond acceptors (Lipinski definition) is 6. The van der Waals surface area contributed by atoms with Gasteiger partial charge in [-0.25, -0.2) is 17.9 Å². The molecular formula is C34H56N2O5S2. The number of nitrogens with one attached hydrogen (secondary N) is 2. The monoisotopic (exact) mass is 636 g/mol. The van der Waals surface area contributed by atoms with Gasteiger partial charge in [-0.1, -0.05) is 54.9 Å². The first-order valence-corrected chi connectivity index (χ1v) is 19.1. The maximum Gasteiger partial charge on any atom is 0.328 e. The van der Waals surface area contributed by atoms with Gasteiger partial charge in [0, 0.05) is 11.4 Å². The Balaban J connectivity index is 1.20. The third-order valence-electron chi connectivity index (χ3n) is 12.8. The van der Waals surface area contributed by atoms with E-state index in [1.54, 1.807) is 6.07 Å². The van der Waals surface area contributed by atoms with Gasteiger partial charge in [0.25, 0.3) is 10.0 Å². The van der Waals surface area contributed by atoms with Crippen LogP contribution in [0.1, 0.15) is 111 Å². The predicted molar refractivity (Wildman–Crippen MR) is 172 cm³/mol. The molecule has 4 saturated carbocycles. The quantitative estimate of drug-likeness (QED) is 0.266. The standard InChI is InChI=1S/C34H56N2O5S2/c1-8-22-26-19-21(37)13-16-34(26,7)25-14-17-33(6)23(9-10-24(33)29(25)30(22)38)20(2)15-18-35-31(39)36-43(40,41)28-12-11-27(42-28)32(3,4)5/h11-12,20-26,29-30,37-38H,8-10,13-19H2,1-7H3,(H2,35,36,39)/t20-,21-,22-,23-,24+,25+,26?,29-,30-,33?,34-/m1/s1. The third kappa shape index (κ3) is 5.94. The lowest BCUT2D eigenvalue weighted by atomic mass is 9.41. The lowest BCUT2D eigenvalue weighted by Gasteiger charge is -2.64. The van der Waals surface area contributed by atoms with Gasteiger partial charge in [0.2, 0.25) is 0 Å². The number of rotatable bonds is 7. The van der Waals surface area contributed by atoms with Crippen molar-refractivity contribution in [2.45, 2.75) is 128 Å². The highest BCUT2D eigenvalue weighted by Gasteiger charge is 2.64. The van der Waals surface area contributed by atoms with E-state index in [-0.39, 0.29) is 38.6 Å². The van der Waals surface area contributed by atoms with Gasteiger partial charge in [-0.2, -0.15) is 0 Å². The molecule has 0 aliphatic heterocycles. The van der Waals surface area contributed by atoms with Gasteiger partial charge in [0.15, 0.2) is 0 Å². The van der Waals surface area contributed by atoms with Gasteiger partial charge in [-0.05, 0) is 121 Å². The summed E-state index contributed by atoms with van der Waals surface area (Å²) in [4.78, 5) is 13.6. The highest BCUT2D eigenvalue weighted by atomic mass is 32.2. The number of aliphatic hydroxyl groups excluding tert-OH is 2. The highest BCUT2D eigenvalue weighted by molar-refractivity contribution is 7.92. The largest absolute Gasteiger partial charge is 0.393 e. The normalized spacial score (nSPS) is 40.2. The van der Waals surface area contributed by atoms with Crippen LogP contribution >= 0.6 is 11.3 Å². The number of fused-ring (bicyclic) bond motifs is 5. The Kier molecular flexibility index (Phi) is 9.18. The molecule has 11 atom stereocenters. The lowest BCUT2D eigenvalue weighted by Crippen LogP contribution is -2.62. The van der Waals surface area contributed by atoms with Gasteiger partial charge in [-0.15, -0.1) is 11.3 Å². The molecule has 5 rings (SSSR count). The molecule has 1 aromatic rings. The molecule has 244 valence electrons. The van der Waals surface area contributed by atoms with E-state index in [0.717, 1.165) is 56.2 Å². The second-order valence-corrected chi connectivity index (χ2v) is 19.1. The van der Waals surface area contributed by atoms with Crippen molar-refractivity contribution in [3.63, 3.8) is 0 Å². The van der Waals surface area contributed by atoms with E-state index >= 15 is 0 Å². The lowest BCUT2D eigenvalue weighted by molar-refractivity contribution is -0.203. The summed E-state index contributed by atoms with van der Waals surface area (Å²) in [5.74, 6) is 2.89. The summed E-state index contributed by atoms with van der Waals surface area (Å²) in [7, 11) is -3.91. The zero-order valence-corrected chi connectivity index (χ0v) is 29.0. The predicted octanol–water partition coefficient (Wildman–Crippen LogP) is 6.69. The molecule has 4 aliphatic carbocycles. The fourth-order valence-corrected chi connectivity index (χ4v) is 12.9. The van der Waals surface area contributed by atoms with Crippen molar-refractivity contribution >= 4 is 27.4 Å². The summed E-state index contributed by atoms with van der Waals surface area (Å²) in [5, 5.41) is 25.3. The molecule has 0 saturated heterocycles. The van der Waals surface area contributed by atoms with Crippen LogP contribution in [0.3, 0.4) is 0 Å². The van der Waals surface area contributed by atoms with Crippen molar-refractivity contribution in [2.75, 3.05) is 6.54 Å². The summed E-state index contributed by atoms with van der Waals surface area (Å²) in [6.07, 6.45) is 8.63. The molecule has 0 aromatic carbocycles. The van der Waals surface area contributed by atoms with E-state index in [0.29, 0.717) is 42.1 Å². The molecule has 4 N–H and O–H groups in total. The smallest absolute Gasteiger partial charge is 0.328 e. The zero-order valence-electron chi connectivity index (χ0n) is 27.4. The summed E-state index contributed by atoms with van der Waals surface area (Å²) in [5.41, 5.74) is 0.204. The van der Waals surface area contributed by atoms with Crippen LogP contribution in [-0.4, -0.2) is 43.4 Å². The topological polar surface area (TPSA) is 116 Å². The Morgan fingerprint density at radius 2 is 1.72 bits per heavy atom. The van der Waals surface area contributed by atoms with Gasteiger partial charge in [0.05, 0.1) is 12.2 Å². The van der Waals surface area contributed by atoms with E-state index in [9.17, 15) is 23.4 Å². The average Bonchev–Trinajstić information content (AvgIpc) is 3.56. The Bertz CT molecular complexity index is 1270. The first-order valence-electron chi connectivity index (χ1n) is 16.8. The van der Waals surface area contributed by atoms with E-state index in [1.807, 2.05) is 26.8 Å².